The number of furan rings is 1. The molecule has 0 amide bonds. The van der Waals surface area contributed by atoms with Gasteiger partial charge in [0.05, 0.1) is 6.33 Å². The fourth-order valence-electron chi connectivity index (χ4n) is 4.11. The van der Waals surface area contributed by atoms with Gasteiger partial charge in [-0.3, -0.25) is 9.59 Å². The van der Waals surface area contributed by atoms with E-state index in [1.807, 2.05) is 57.2 Å². The van der Waals surface area contributed by atoms with E-state index in [0.717, 1.165) is 41.3 Å². The van der Waals surface area contributed by atoms with Crippen LogP contribution in [0.15, 0.2) is 64.1 Å². The number of fused-ring (bicyclic) bond motifs is 1. The summed E-state index contributed by atoms with van der Waals surface area (Å²) < 4.78 is 11.2. The SMILES string of the molecule is CCCCCCC(=O)OC(C)(C)C.CCc1ccc(-c2c(-c3ccccc3P)oc3nc[nH]c(=O)c23)cc1. The van der Waals surface area contributed by atoms with Crippen LogP contribution in [0.3, 0.4) is 0 Å². The Kier molecular flexibility index (Phi) is 10.4. The Labute approximate surface area is 227 Å². The summed E-state index contributed by atoms with van der Waals surface area (Å²) in [5.74, 6) is 0.595. The molecule has 0 spiro atoms. The highest BCUT2D eigenvalue weighted by Gasteiger charge is 2.22. The lowest BCUT2D eigenvalue weighted by molar-refractivity contribution is -0.154. The number of benzene rings is 2. The number of ether oxygens (including phenoxy) is 1. The Morgan fingerprint density at radius 1 is 1.03 bits per heavy atom. The van der Waals surface area contributed by atoms with Crippen molar-refractivity contribution in [2.24, 2.45) is 0 Å². The molecule has 0 bridgehead atoms. The van der Waals surface area contributed by atoms with Crippen molar-refractivity contribution in [3.8, 4) is 22.5 Å². The molecule has 0 saturated heterocycles. The van der Waals surface area contributed by atoms with Crippen molar-refractivity contribution in [2.75, 3.05) is 0 Å². The summed E-state index contributed by atoms with van der Waals surface area (Å²) in [6, 6.07) is 16.1. The predicted molar refractivity (Wildman–Crippen MR) is 159 cm³/mol. The zero-order valence-corrected chi connectivity index (χ0v) is 24.3. The second kappa shape index (κ2) is 13.5. The summed E-state index contributed by atoms with van der Waals surface area (Å²) in [4.78, 5) is 30.5. The summed E-state index contributed by atoms with van der Waals surface area (Å²) in [5.41, 5.74) is 3.72. The van der Waals surface area contributed by atoms with Crippen LogP contribution in [0.5, 0.6) is 0 Å². The number of nitrogens with one attached hydrogen (secondary N) is 1. The largest absolute Gasteiger partial charge is 0.460 e. The van der Waals surface area contributed by atoms with Crippen molar-refractivity contribution in [1.29, 1.82) is 0 Å². The minimum atomic E-state index is -0.332. The van der Waals surface area contributed by atoms with E-state index in [1.165, 1.54) is 24.7 Å². The highest BCUT2D eigenvalue weighted by Crippen LogP contribution is 2.38. The number of rotatable bonds is 8. The molecule has 202 valence electrons. The van der Waals surface area contributed by atoms with E-state index in [0.29, 0.717) is 23.3 Å². The molecule has 2 aromatic heterocycles. The number of hydrogen-bond donors (Lipinski definition) is 1. The van der Waals surface area contributed by atoms with E-state index in [1.54, 1.807) is 0 Å². The van der Waals surface area contributed by atoms with Gasteiger partial charge in [-0.1, -0.05) is 81.6 Å². The third kappa shape index (κ3) is 7.88. The molecule has 0 aliphatic rings. The van der Waals surface area contributed by atoms with Crippen LogP contribution in [-0.2, 0) is 16.0 Å². The van der Waals surface area contributed by atoms with Crippen LogP contribution in [0.2, 0.25) is 0 Å². The van der Waals surface area contributed by atoms with Crippen LogP contribution in [0.25, 0.3) is 33.6 Å². The first-order valence-corrected chi connectivity index (χ1v) is 13.9. The summed E-state index contributed by atoms with van der Waals surface area (Å²) in [6.45, 7) is 9.98. The second-order valence-corrected chi connectivity index (χ2v) is 10.9. The van der Waals surface area contributed by atoms with E-state index in [-0.39, 0.29) is 17.1 Å². The standard InChI is InChI=1S/C20H17N2O2P.C11H22O2/c1-2-12-7-9-13(10-8-12)16-17-19(23)21-11-22-20(17)24-18(16)14-5-3-4-6-15(14)25;1-5-6-7-8-9-10(12)13-11(2,3)4/h3-11H,2,25H2,1H3,(H,21,22,23);5-9H2,1-4H3. The molecule has 0 saturated carbocycles. The molecule has 2 heterocycles. The molecule has 1 atom stereocenters. The molecular weight excluding hydrogens is 495 g/mol. The number of aromatic amines is 1. The van der Waals surface area contributed by atoms with Crippen molar-refractivity contribution in [3.63, 3.8) is 0 Å². The second-order valence-electron chi connectivity index (χ2n) is 10.3. The van der Waals surface area contributed by atoms with Gasteiger partial charge in [-0.15, -0.1) is 9.24 Å². The Morgan fingerprint density at radius 3 is 2.37 bits per heavy atom. The van der Waals surface area contributed by atoms with Crippen molar-refractivity contribution >= 4 is 31.6 Å². The molecule has 0 aliphatic carbocycles. The number of aromatic nitrogens is 2. The Morgan fingerprint density at radius 2 is 1.74 bits per heavy atom. The normalized spacial score (nSPS) is 11.2. The Balaban J connectivity index is 0.000000263. The zero-order valence-electron chi connectivity index (χ0n) is 23.1. The van der Waals surface area contributed by atoms with Crippen LogP contribution in [-0.4, -0.2) is 21.5 Å². The third-order valence-electron chi connectivity index (χ3n) is 6.00. The van der Waals surface area contributed by atoms with Crippen LogP contribution in [0.1, 0.15) is 72.3 Å². The van der Waals surface area contributed by atoms with Gasteiger partial charge in [0.2, 0.25) is 5.71 Å². The van der Waals surface area contributed by atoms with Crippen molar-refractivity contribution in [1.82, 2.24) is 9.97 Å². The minimum absolute atomic E-state index is 0.0661. The smallest absolute Gasteiger partial charge is 0.306 e. The number of nitrogens with zero attached hydrogens (tertiary/aromatic N) is 1. The first kappa shape index (κ1) is 29.3. The van der Waals surface area contributed by atoms with Gasteiger partial charge in [-0.05, 0) is 50.0 Å². The minimum Gasteiger partial charge on any atom is -0.460 e. The number of carbonyl (C=O) groups excluding carboxylic acids is 1. The molecule has 0 fully saturated rings. The van der Waals surface area contributed by atoms with Crippen molar-refractivity contribution < 1.29 is 13.9 Å². The molecule has 4 aromatic rings. The van der Waals surface area contributed by atoms with Crippen molar-refractivity contribution in [2.45, 2.75) is 78.7 Å². The maximum absolute atomic E-state index is 12.5. The molecule has 1 unspecified atom stereocenters. The Bertz CT molecular complexity index is 1400. The fraction of sp³-hybridized carbons (Fsp3) is 0.387. The van der Waals surface area contributed by atoms with Gasteiger partial charge < -0.3 is 14.1 Å². The number of H-pyrrole nitrogens is 1. The van der Waals surface area contributed by atoms with Crippen LogP contribution in [0.4, 0.5) is 0 Å². The van der Waals surface area contributed by atoms with Gasteiger partial charge in [-0.2, -0.15) is 0 Å². The van der Waals surface area contributed by atoms with E-state index in [2.05, 4.69) is 45.2 Å². The third-order valence-corrected chi connectivity index (χ3v) is 6.51. The first-order chi connectivity index (χ1) is 18.1. The summed E-state index contributed by atoms with van der Waals surface area (Å²) in [5, 5.41) is 1.49. The van der Waals surface area contributed by atoms with E-state index < -0.39 is 0 Å². The van der Waals surface area contributed by atoms with E-state index >= 15 is 0 Å². The molecule has 38 heavy (non-hydrogen) atoms. The lowest BCUT2D eigenvalue weighted by Gasteiger charge is -2.19. The number of hydrogen-bond acceptors (Lipinski definition) is 5. The predicted octanol–water partition coefficient (Wildman–Crippen LogP) is 7.21. The van der Waals surface area contributed by atoms with Gasteiger partial charge in [0.1, 0.15) is 16.7 Å². The summed E-state index contributed by atoms with van der Waals surface area (Å²) in [7, 11) is 2.72. The number of unbranched alkanes of at least 4 members (excludes halogenated alkanes) is 3. The first-order valence-electron chi connectivity index (χ1n) is 13.3. The molecule has 7 heteroatoms. The average Bonchev–Trinajstić information content (AvgIpc) is 3.27. The molecule has 0 aliphatic heterocycles. The van der Waals surface area contributed by atoms with Gasteiger partial charge in [0.15, 0.2) is 0 Å². The maximum atomic E-state index is 12.5. The van der Waals surface area contributed by atoms with Gasteiger partial charge in [0, 0.05) is 17.5 Å². The van der Waals surface area contributed by atoms with Gasteiger partial charge >= 0.3 is 5.97 Å². The quantitative estimate of drug-likeness (QED) is 0.147. The number of aryl methyl sites for hydroxylation is 1. The maximum Gasteiger partial charge on any atom is 0.306 e. The summed E-state index contributed by atoms with van der Waals surface area (Å²) >= 11 is 0. The van der Waals surface area contributed by atoms with Crippen LogP contribution in [0, 0.1) is 0 Å². The monoisotopic (exact) mass is 534 g/mol. The van der Waals surface area contributed by atoms with E-state index in [9.17, 15) is 9.59 Å². The van der Waals surface area contributed by atoms with E-state index in [4.69, 9.17) is 9.15 Å². The highest BCUT2D eigenvalue weighted by molar-refractivity contribution is 7.28. The van der Waals surface area contributed by atoms with Crippen LogP contribution >= 0.6 is 9.24 Å². The molecule has 6 nitrogen and oxygen atoms in total. The lowest BCUT2D eigenvalue weighted by Crippen LogP contribution is -2.23. The summed E-state index contributed by atoms with van der Waals surface area (Å²) in [6.07, 6.45) is 7.41. The van der Waals surface area contributed by atoms with Gasteiger partial charge in [0.25, 0.3) is 5.56 Å². The zero-order chi connectivity index (χ0) is 27.7. The topological polar surface area (TPSA) is 85.2 Å². The molecule has 4 rings (SSSR count). The lowest BCUT2D eigenvalue weighted by atomic mass is 9.98. The van der Waals surface area contributed by atoms with Gasteiger partial charge in [-0.25, -0.2) is 4.98 Å². The highest BCUT2D eigenvalue weighted by atomic mass is 31.0. The molecule has 0 radical (unpaired) electrons. The average molecular weight is 535 g/mol. The Hall–Kier alpha value is -3.24. The number of carbonyl (C=O) groups is 1. The molecular formula is C31H39N2O4P. The molecule has 1 N–H and O–H groups in total. The van der Waals surface area contributed by atoms with Crippen molar-refractivity contribution in [3.05, 3.63) is 70.8 Å². The number of esters is 1. The van der Waals surface area contributed by atoms with Crippen LogP contribution < -0.4 is 10.9 Å². The fourth-order valence-corrected chi connectivity index (χ4v) is 4.45. The molecule has 2 aromatic carbocycles.